The molecule has 0 saturated heterocycles. The summed E-state index contributed by atoms with van der Waals surface area (Å²) in [7, 11) is -3.82. The highest BCUT2D eigenvalue weighted by Gasteiger charge is 2.16. The van der Waals surface area contributed by atoms with Crippen LogP contribution in [0.25, 0.3) is 0 Å². The number of nitrogens with zero attached hydrogens (tertiary/aromatic N) is 2. The molecule has 1 heterocycles. The molecule has 1 aromatic heterocycles. The Balaban J connectivity index is 1.60. The van der Waals surface area contributed by atoms with Crippen LogP contribution in [0, 0.1) is 13.8 Å². The Bertz CT molecular complexity index is 1160. The van der Waals surface area contributed by atoms with Crippen molar-refractivity contribution in [2.45, 2.75) is 32.1 Å². The Morgan fingerprint density at radius 2 is 1.77 bits per heavy atom. The zero-order chi connectivity index (χ0) is 22.4. The number of rotatable bonds is 8. The summed E-state index contributed by atoms with van der Waals surface area (Å²) >= 11 is 0. The number of hydrogen-bond acceptors (Lipinski definition) is 6. The number of carbonyl (C=O) groups is 1. The van der Waals surface area contributed by atoms with Crippen LogP contribution in [0.1, 0.15) is 24.0 Å². The summed E-state index contributed by atoms with van der Waals surface area (Å²) in [6.07, 6.45) is 0.879. The van der Waals surface area contributed by atoms with Gasteiger partial charge in [-0.3, -0.25) is 9.52 Å². The molecule has 0 atom stereocenters. The van der Waals surface area contributed by atoms with Crippen LogP contribution in [0.3, 0.4) is 0 Å². The summed E-state index contributed by atoms with van der Waals surface area (Å²) in [6, 6.07) is 14.9. The SMILES string of the molecule is CCc1cccc(OCC(=O)Nc2ccc(S(=O)(=O)Nc3cc(C)nc(C)n3)cc2)c1. The van der Waals surface area contributed by atoms with Crippen molar-refractivity contribution in [1.29, 1.82) is 0 Å². The minimum Gasteiger partial charge on any atom is -0.484 e. The number of ether oxygens (including phenoxy) is 1. The lowest BCUT2D eigenvalue weighted by atomic mass is 10.2. The fourth-order valence-electron chi connectivity index (χ4n) is 2.88. The zero-order valence-corrected chi connectivity index (χ0v) is 18.4. The van der Waals surface area contributed by atoms with Crippen molar-refractivity contribution in [3.63, 3.8) is 0 Å². The Kier molecular flexibility index (Phi) is 6.86. The fourth-order valence-corrected chi connectivity index (χ4v) is 3.88. The van der Waals surface area contributed by atoms with Gasteiger partial charge in [0, 0.05) is 17.4 Å². The minimum absolute atomic E-state index is 0.0482. The van der Waals surface area contributed by atoms with E-state index >= 15 is 0 Å². The number of sulfonamides is 1. The number of hydrogen-bond donors (Lipinski definition) is 2. The quantitative estimate of drug-likeness (QED) is 0.555. The van der Waals surface area contributed by atoms with Gasteiger partial charge >= 0.3 is 0 Å². The predicted molar refractivity (Wildman–Crippen MR) is 119 cm³/mol. The third kappa shape index (κ3) is 6.26. The normalized spacial score (nSPS) is 11.1. The summed E-state index contributed by atoms with van der Waals surface area (Å²) in [5.74, 6) is 0.950. The van der Waals surface area contributed by atoms with Gasteiger partial charge in [-0.1, -0.05) is 19.1 Å². The minimum atomic E-state index is -3.82. The van der Waals surface area contributed by atoms with E-state index in [4.69, 9.17) is 4.74 Å². The summed E-state index contributed by atoms with van der Waals surface area (Å²) in [4.78, 5) is 20.4. The molecular weight excluding hydrogens is 416 g/mol. The Morgan fingerprint density at radius 1 is 1.03 bits per heavy atom. The van der Waals surface area contributed by atoms with Crippen LogP contribution < -0.4 is 14.8 Å². The molecule has 0 aliphatic carbocycles. The smallest absolute Gasteiger partial charge is 0.263 e. The van der Waals surface area contributed by atoms with Gasteiger partial charge in [0.15, 0.2) is 6.61 Å². The molecule has 0 bridgehead atoms. The molecule has 2 aromatic carbocycles. The molecule has 0 unspecified atom stereocenters. The van der Waals surface area contributed by atoms with Crippen LogP contribution in [-0.4, -0.2) is 30.9 Å². The molecule has 3 rings (SSSR count). The number of benzene rings is 2. The van der Waals surface area contributed by atoms with E-state index in [0.29, 0.717) is 23.0 Å². The van der Waals surface area contributed by atoms with Crippen LogP contribution in [0.5, 0.6) is 5.75 Å². The molecule has 0 radical (unpaired) electrons. The number of anilines is 2. The zero-order valence-electron chi connectivity index (χ0n) is 17.5. The summed E-state index contributed by atoms with van der Waals surface area (Å²) in [5.41, 5.74) is 2.24. The molecule has 0 aliphatic heterocycles. The Hall–Kier alpha value is -3.46. The maximum absolute atomic E-state index is 12.6. The topological polar surface area (TPSA) is 110 Å². The predicted octanol–water partition coefficient (Wildman–Crippen LogP) is 3.47. The lowest BCUT2D eigenvalue weighted by Crippen LogP contribution is -2.20. The number of nitrogens with one attached hydrogen (secondary N) is 2. The number of amides is 1. The molecule has 1 amide bonds. The van der Waals surface area contributed by atoms with E-state index in [1.54, 1.807) is 26.0 Å². The van der Waals surface area contributed by atoms with Gasteiger partial charge in [-0.05, 0) is 62.2 Å². The van der Waals surface area contributed by atoms with Crippen LogP contribution in [0.4, 0.5) is 11.5 Å². The van der Waals surface area contributed by atoms with Gasteiger partial charge in [0.25, 0.3) is 15.9 Å². The highest BCUT2D eigenvalue weighted by Crippen LogP contribution is 2.18. The first-order chi connectivity index (χ1) is 14.7. The Morgan fingerprint density at radius 3 is 2.45 bits per heavy atom. The first-order valence-electron chi connectivity index (χ1n) is 9.72. The van der Waals surface area contributed by atoms with E-state index in [2.05, 4.69) is 20.0 Å². The van der Waals surface area contributed by atoms with Crippen molar-refractivity contribution in [3.8, 4) is 5.75 Å². The van der Waals surface area contributed by atoms with E-state index < -0.39 is 10.0 Å². The van der Waals surface area contributed by atoms with Gasteiger partial charge in [0.2, 0.25) is 0 Å². The van der Waals surface area contributed by atoms with Gasteiger partial charge in [0.05, 0.1) is 4.90 Å². The van der Waals surface area contributed by atoms with Crippen molar-refractivity contribution in [2.24, 2.45) is 0 Å². The number of aromatic nitrogens is 2. The standard InChI is InChI=1S/C22H24N4O4S/c1-4-17-6-5-7-19(13-17)30-14-22(27)25-18-8-10-20(11-9-18)31(28,29)26-21-12-15(2)23-16(3)24-21/h5-13H,4,14H2,1-3H3,(H,25,27)(H,23,24,26). The van der Waals surface area contributed by atoms with Crippen molar-refractivity contribution in [2.75, 3.05) is 16.6 Å². The second kappa shape index (κ2) is 9.57. The average Bonchev–Trinajstić information content (AvgIpc) is 2.72. The lowest BCUT2D eigenvalue weighted by Gasteiger charge is -2.10. The van der Waals surface area contributed by atoms with Crippen molar-refractivity contribution in [3.05, 3.63) is 71.7 Å². The third-order valence-corrected chi connectivity index (χ3v) is 5.70. The fraction of sp³-hybridized carbons (Fsp3) is 0.227. The summed E-state index contributed by atoms with van der Waals surface area (Å²) in [6.45, 7) is 5.34. The van der Waals surface area contributed by atoms with Gasteiger partial charge in [-0.25, -0.2) is 18.4 Å². The van der Waals surface area contributed by atoms with Crippen molar-refractivity contribution < 1.29 is 17.9 Å². The first-order valence-corrected chi connectivity index (χ1v) is 11.2. The molecule has 0 fully saturated rings. The Labute approximate surface area is 181 Å². The van der Waals surface area contributed by atoms with Crippen molar-refractivity contribution in [1.82, 2.24) is 9.97 Å². The van der Waals surface area contributed by atoms with E-state index in [-0.39, 0.29) is 23.2 Å². The molecule has 162 valence electrons. The van der Waals surface area contributed by atoms with Crippen molar-refractivity contribution >= 4 is 27.4 Å². The van der Waals surface area contributed by atoms with E-state index in [1.807, 2.05) is 25.1 Å². The second-order valence-electron chi connectivity index (χ2n) is 6.91. The molecular formula is C22H24N4O4S. The number of aryl methyl sites for hydroxylation is 3. The maximum atomic E-state index is 12.6. The average molecular weight is 441 g/mol. The largest absolute Gasteiger partial charge is 0.484 e. The molecule has 0 aliphatic rings. The number of carbonyl (C=O) groups excluding carboxylic acids is 1. The van der Waals surface area contributed by atoms with Gasteiger partial charge < -0.3 is 10.1 Å². The molecule has 31 heavy (non-hydrogen) atoms. The highest BCUT2D eigenvalue weighted by molar-refractivity contribution is 7.92. The first kappa shape index (κ1) is 22.2. The van der Waals surface area contributed by atoms with Gasteiger partial charge in [-0.15, -0.1) is 0 Å². The van der Waals surface area contributed by atoms with E-state index in [0.717, 1.165) is 12.0 Å². The lowest BCUT2D eigenvalue weighted by molar-refractivity contribution is -0.118. The summed E-state index contributed by atoms with van der Waals surface area (Å²) in [5, 5.41) is 2.68. The molecule has 3 aromatic rings. The van der Waals surface area contributed by atoms with Gasteiger partial charge in [0.1, 0.15) is 17.4 Å². The highest BCUT2D eigenvalue weighted by atomic mass is 32.2. The molecule has 0 saturated carbocycles. The van der Waals surface area contributed by atoms with Crippen LogP contribution in [0.2, 0.25) is 0 Å². The third-order valence-electron chi connectivity index (χ3n) is 4.33. The van der Waals surface area contributed by atoms with E-state index in [1.165, 1.54) is 24.3 Å². The van der Waals surface area contributed by atoms with Crippen LogP contribution in [0.15, 0.2) is 59.5 Å². The second-order valence-corrected chi connectivity index (χ2v) is 8.59. The van der Waals surface area contributed by atoms with Crippen LogP contribution in [-0.2, 0) is 21.2 Å². The molecule has 9 heteroatoms. The maximum Gasteiger partial charge on any atom is 0.263 e. The summed E-state index contributed by atoms with van der Waals surface area (Å²) < 4.78 is 33.1. The molecule has 0 spiro atoms. The van der Waals surface area contributed by atoms with E-state index in [9.17, 15) is 13.2 Å². The van der Waals surface area contributed by atoms with Crippen LogP contribution >= 0.6 is 0 Å². The van der Waals surface area contributed by atoms with Gasteiger partial charge in [-0.2, -0.15) is 0 Å². The molecule has 8 nitrogen and oxygen atoms in total. The monoisotopic (exact) mass is 440 g/mol. The molecule has 2 N–H and O–H groups in total.